The Morgan fingerprint density at radius 1 is 1.33 bits per heavy atom. The highest BCUT2D eigenvalue weighted by molar-refractivity contribution is 7.99. The summed E-state index contributed by atoms with van der Waals surface area (Å²) >= 11 is 1.86. The molecule has 1 fully saturated rings. The summed E-state index contributed by atoms with van der Waals surface area (Å²) in [6, 6.07) is 0.278. The minimum absolute atomic E-state index is 0.270. The second kappa shape index (κ2) is 5.17. The molecule has 6 nitrogen and oxygen atoms in total. The summed E-state index contributed by atoms with van der Waals surface area (Å²) in [6.07, 6.45) is 5.34. The molecule has 0 saturated heterocycles. The van der Waals surface area contributed by atoms with E-state index in [9.17, 15) is 9.59 Å². The molecule has 1 aliphatic carbocycles. The van der Waals surface area contributed by atoms with Gasteiger partial charge < -0.3 is 5.32 Å². The van der Waals surface area contributed by atoms with Crippen LogP contribution in [0.2, 0.25) is 0 Å². The van der Waals surface area contributed by atoms with Crippen LogP contribution in [0, 0.1) is 0 Å². The average molecular weight is 270 g/mol. The van der Waals surface area contributed by atoms with Crippen LogP contribution in [-0.2, 0) is 14.1 Å². The van der Waals surface area contributed by atoms with Crippen molar-refractivity contribution in [2.75, 3.05) is 11.6 Å². The number of aryl methyl sites for hydroxylation is 1. The van der Waals surface area contributed by atoms with E-state index in [2.05, 4.69) is 16.7 Å². The Bertz CT molecular complexity index is 551. The Balaban J connectivity index is 2.21. The molecule has 0 radical (unpaired) electrons. The Morgan fingerprint density at radius 2 is 2.06 bits per heavy atom. The molecule has 0 aliphatic heterocycles. The first kappa shape index (κ1) is 13.2. The van der Waals surface area contributed by atoms with E-state index in [-0.39, 0.29) is 17.4 Å². The molecule has 100 valence electrons. The molecular weight excluding hydrogens is 252 g/mol. The summed E-state index contributed by atoms with van der Waals surface area (Å²) in [5.74, 6) is 0.270. The van der Waals surface area contributed by atoms with Crippen LogP contribution >= 0.6 is 11.8 Å². The summed E-state index contributed by atoms with van der Waals surface area (Å²) < 4.78 is 2.26. The topological polar surface area (TPSA) is 68.9 Å². The van der Waals surface area contributed by atoms with E-state index in [1.165, 1.54) is 11.7 Å². The van der Waals surface area contributed by atoms with Gasteiger partial charge in [0.05, 0.1) is 0 Å². The molecule has 1 N–H and O–H groups in total. The second-order valence-corrected chi connectivity index (χ2v) is 5.77. The molecule has 1 heterocycles. The van der Waals surface area contributed by atoms with E-state index >= 15 is 0 Å². The van der Waals surface area contributed by atoms with Gasteiger partial charge in [0.1, 0.15) is 0 Å². The molecule has 0 amide bonds. The maximum atomic E-state index is 11.9. The highest BCUT2D eigenvalue weighted by Crippen LogP contribution is 2.29. The molecule has 1 aliphatic rings. The second-order valence-electron chi connectivity index (χ2n) is 4.63. The van der Waals surface area contributed by atoms with Gasteiger partial charge in [-0.05, 0) is 25.5 Å². The van der Waals surface area contributed by atoms with E-state index in [1.54, 1.807) is 7.05 Å². The fraction of sp³-hybridized carbons (Fsp3) is 0.727. The molecule has 0 bridgehead atoms. The monoisotopic (exact) mass is 270 g/mol. The number of nitrogens with one attached hydrogen (secondary N) is 1. The smallest absolute Gasteiger partial charge is 0.346 e. The van der Waals surface area contributed by atoms with E-state index in [0.717, 1.165) is 23.8 Å². The maximum absolute atomic E-state index is 11.9. The van der Waals surface area contributed by atoms with Gasteiger partial charge in [0.25, 0.3) is 5.56 Å². The highest BCUT2D eigenvalue weighted by atomic mass is 32.2. The van der Waals surface area contributed by atoms with Gasteiger partial charge in [0.15, 0.2) is 0 Å². The zero-order valence-electron chi connectivity index (χ0n) is 10.8. The quantitative estimate of drug-likeness (QED) is 0.848. The Hall–Kier alpha value is -1.24. The van der Waals surface area contributed by atoms with Crippen molar-refractivity contribution in [1.82, 2.24) is 14.3 Å². The van der Waals surface area contributed by atoms with Gasteiger partial charge in [0, 0.05) is 25.4 Å². The van der Waals surface area contributed by atoms with Crippen LogP contribution in [-0.4, -0.2) is 31.9 Å². The molecule has 1 aromatic heterocycles. The summed E-state index contributed by atoms with van der Waals surface area (Å²) in [6.45, 7) is 0. The van der Waals surface area contributed by atoms with Crippen molar-refractivity contribution in [3.63, 3.8) is 0 Å². The van der Waals surface area contributed by atoms with Crippen LogP contribution in [0.1, 0.15) is 19.3 Å². The molecule has 1 aromatic rings. The van der Waals surface area contributed by atoms with Crippen LogP contribution < -0.4 is 16.6 Å². The number of anilines is 1. The third-order valence-electron chi connectivity index (χ3n) is 3.38. The van der Waals surface area contributed by atoms with E-state index < -0.39 is 5.69 Å². The van der Waals surface area contributed by atoms with Crippen molar-refractivity contribution in [1.29, 1.82) is 0 Å². The largest absolute Gasteiger partial charge is 0.361 e. The SMILES string of the molecule is CSC1CCC(Nc2nn(C)c(=O)n(C)c2=O)C1. The van der Waals surface area contributed by atoms with E-state index in [1.807, 2.05) is 11.8 Å². The molecule has 0 spiro atoms. The molecule has 2 unspecified atom stereocenters. The Labute approximate surface area is 109 Å². The normalized spacial score (nSPS) is 23.3. The van der Waals surface area contributed by atoms with Gasteiger partial charge in [-0.1, -0.05) is 0 Å². The lowest BCUT2D eigenvalue weighted by Crippen LogP contribution is -2.41. The first-order valence-corrected chi connectivity index (χ1v) is 7.25. The molecule has 2 atom stereocenters. The van der Waals surface area contributed by atoms with Gasteiger partial charge in [-0.25, -0.2) is 9.48 Å². The number of hydrogen-bond donors (Lipinski definition) is 1. The van der Waals surface area contributed by atoms with Crippen molar-refractivity contribution >= 4 is 17.6 Å². The minimum Gasteiger partial charge on any atom is -0.361 e. The summed E-state index contributed by atoms with van der Waals surface area (Å²) in [5.41, 5.74) is -0.760. The summed E-state index contributed by atoms with van der Waals surface area (Å²) in [4.78, 5) is 23.4. The fourth-order valence-electron chi connectivity index (χ4n) is 2.27. The highest BCUT2D eigenvalue weighted by Gasteiger charge is 2.25. The van der Waals surface area contributed by atoms with Gasteiger partial charge in [-0.15, -0.1) is 5.10 Å². The molecule has 18 heavy (non-hydrogen) atoms. The molecule has 7 heteroatoms. The fourth-order valence-corrected chi connectivity index (χ4v) is 3.06. The predicted octanol–water partition coefficient (Wildman–Crippen LogP) is 0.175. The molecule has 2 rings (SSSR count). The molecular formula is C11H18N4O2S. The standard InChI is InChI=1S/C11H18N4O2S/c1-14-10(16)9(13-15(2)11(14)17)12-7-4-5-8(6-7)18-3/h7-8H,4-6H2,1-3H3,(H,12,13). The lowest BCUT2D eigenvalue weighted by Gasteiger charge is -2.13. The summed E-state index contributed by atoms with van der Waals surface area (Å²) in [5, 5.41) is 7.82. The minimum atomic E-state index is -0.404. The zero-order valence-corrected chi connectivity index (χ0v) is 11.7. The average Bonchev–Trinajstić information content (AvgIpc) is 2.81. The number of hydrogen-bond acceptors (Lipinski definition) is 5. The van der Waals surface area contributed by atoms with Crippen molar-refractivity contribution in [2.24, 2.45) is 14.1 Å². The van der Waals surface area contributed by atoms with Crippen molar-refractivity contribution in [3.05, 3.63) is 20.8 Å². The van der Waals surface area contributed by atoms with Gasteiger partial charge in [-0.2, -0.15) is 11.8 Å². The van der Waals surface area contributed by atoms with E-state index in [0.29, 0.717) is 5.25 Å². The number of rotatable bonds is 3. The van der Waals surface area contributed by atoms with Crippen molar-refractivity contribution < 1.29 is 0 Å². The van der Waals surface area contributed by atoms with Crippen molar-refractivity contribution in [3.8, 4) is 0 Å². The molecule has 0 aromatic carbocycles. The maximum Gasteiger partial charge on any atom is 0.346 e. The first-order chi connectivity index (χ1) is 8.52. The van der Waals surface area contributed by atoms with Gasteiger partial charge in [-0.3, -0.25) is 9.36 Å². The van der Waals surface area contributed by atoms with Crippen LogP contribution in [0.15, 0.2) is 9.59 Å². The third kappa shape index (κ3) is 2.45. The number of nitrogens with zero attached hydrogens (tertiary/aromatic N) is 3. The Kier molecular flexibility index (Phi) is 3.79. The summed E-state index contributed by atoms with van der Waals surface area (Å²) in [7, 11) is 3.02. The lowest BCUT2D eigenvalue weighted by molar-refractivity contribution is 0.597. The van der Waals surface area contributed by atoms with E-state index in [4.69, 9.17) is 0 Å². The number of aromatic nitrogens is 3. The van der Waals surface area contributed by atoms with Crippen LogP contribution in [0.25, 0.3) is 0 Å². The third-order valence-corrected chi connectivity index (χ3v) is 4.47. The van der Waals surface area contributed by atoms with Crippen LogP contribution in [0.5, 0.6) is 0 Å². The zero-order chi connectivity index (χ0) is 13.3. The molecule has 1 saturated carbocycles. The lowest BCUT2D eigenvalue weighted by atomic mass is 10.2. The van der Waals surface area contributed by atoms with Crippen LogP contribution in [0.4, 0.5) is 5.82 Å². The van der Waals surface area contributed by atoms with Crippen molar-refractivity contribution in [2.45, 2.75) is 30.6 Å². The van der Waals surface area contributed by atoms with Crippen LogP contribution in [0.3, 0.4) is 0 Å². The predicted molar refractivity (Wildman–Crippen MR) is 73.3 cm³/mol. The van der Waals surface area contributed by atoms with Gasteiger partial charge >= 0.3 is 5.69 Å². The first-order valence-electron chi connectivity index (χ1n) is 5.96. The number of thioether (sulfide) groups is 1. The van der Waals surface area contributed by atoms with Gasteiger partial charge in [0.2, 0.25) is 5.82 Å². The Morgan fingerprint density at radius 3 is 2.67 bits per heavy atom.